The lowest BCUT2D eigenvalue weighted by Gasteiger charge is -2.20. The molecular formula is C24H20BrF3N4O4S. The highest BCUT2D eigenvalue weighted by atomic mass is 79.9. The van der Waals surface area contributed by atoms with E-state index < -0.39 is 23.0 Å². The number of fused-ring (bicyclic) bond motifs is 1. The number of thioether (sulfide) groups is 1. The Hall–Kier alpha value is -3.32. The predicted octanol–water partition coefficient (Wildman–Crippen LogP) is 5.71. The molecule has 0 aromatic heterocycles. The van der Waals surface area contributed by atoms with E-state index in [2.05, 4.69) is 26.0 Å². The summed E-state index contributed by atoms with van der Waals surface area (Å²) < 4.78 is 56.6. The largest absolute Gasteiger partial charge is 0.493 e. The Labute approximate surface area is 222 Å². The van der Waals surface area contributed by atoms with Crippen molar-refractivity contribution < 1.29 is 32.2 Å². The van der Waals surface area contributed by atoms with Crippen LogP contribution in [0.1, 0.15) is 16.7 Å². The zero-order valence-corrected chi connectivity index (χ0v) is 22.2. The molecule has 0 bridgehead atoms. The van der Waals surface area contributed by atoms with Crippen molar-refractivity contribution in [3.63, 3.8) is 0 Å². The minimum absolute atomic E-state index is 0.195. The van der Waals surface area contributed by atoms with E-state index in [1.54, 1.807) is 12.1 Å². The molecular weight excluding hydrogens is 577 g/mol. The van der Waals surface area contributed by atoms with Crippen molar-refractivity contribution in [1.82, 2.24) is 5.01 Å². The second-order valence-electron chi connectivity index (χ2n) is 7.90. The lowest BCUT2D eigenvalue weighted by Crippen LogP contribution is -2.35. The molecule has 2 aromatic carbocycles. The van der Waals surface area contributed by atoms with E-state index in [0.717, 1.165) is 11.3 Å². The molecule has 1 N–H and O–H groups in total. The van der Waals surface area contributed by atoms with Crippen LogP contribution in [0, 0.1) is 19.3 Å². The molecule has 2 aromatic rings. The summed E-state index contributed by atoms with van der Waals surface area (Å²) in [5, 5.41) is 10.8. The van der Waals surface area contributed by atoms with Gasteiger partial charge in [-0.05, 0) is 88.6 Å². The number of aryl methyl sites for hydroxylation is 2. The molecule has 0 saturated carbocycles. The van der Waals surface area contributed by atoms with Gasteiger partial charge in [0, 0.05) is 0 Å². The third kappa shape index (κ3) is 5.82. The van der Waals surface area contributed by atoms with Gasteiger partial charge in [-0.1, -0.05) is 6.07 Å². The van der Waals surface area contributed by atoms with Gasteiger partial charge in [0.05, 0.1) is 17.2 Å². The number of methoxy groups -OCH3 is 1. The second-order valence-corrected chi connectivity index (χ2v) is 9.71. The van der Waals surface area contributed by atoms with Gasteiger partial charge >= 0.3 is 6.18 Å². The van der Waals surface area contributed by atoms with Crippen LogP contribution in [0.15, 0.2) is 50.5 Å². The van der Waals surface area contributed by atoms with Crippen LogP contribution in [-0.4, -0.2) is 53.5 Å². The van der Waals surface area contributed by atoms with Gasteiger partial charge in [0.2, 0.25) is 10.2 Å². The minimum atomic E-state index is -4.71. The number of benzene rings is 2. The first-order valence-corrected chi connectivity index (χ1v) is 12.4. The summed E-state index contributed by atoms with van der Waals surface area (Å²) in [5.41, 5.74) is 2.50. The first kappa shape index (κ1) is 26.7. The van der Waals surface area contributed by atoms with E-state index in [0.29, 0.717) is 26.5 Å². The van der Waals surface area contributed by atoms with Crippen molar-refractivity contribution in [3.8, 4) is 17.2 Å². The molecule has 0 spiro atoms. The number of nitrogens with one attached hydrogen (secondary N) is 1. The van der Waals surface area contributed by atoms with E-state index in [1.165, 1.54) is 18.7 Å². The topological polar surface area (TPSA) is 96.6 Å². The molecule has 0 unspecified atom stereocenters. The van der Waals surface area contributed by atoms with Gasteiger partial charge in [0.25, 0.3) is 5.91 Å². The summed E-state index contributed by atoms with van der Waals surface area (Å²) in [6, 6.07) is 9.00. The molecule has 2 aliphatic rings. The molecule has 2 heterocycles. The highest BCUT2D eigenvalue weighted by Crippen LogP contribution is 2.39. The zero-order valence-electron chi connectivity index (χ0n) is 19.8. The molecule has 0 fully saturated rings. The highest BCUT2D eigenvalue weighted by Gasteiger charge is 2.46. The number of rotatable bonds is 7. The molecule has 0 saturated heterocycles. The Morgan fingerprint density at radius 1 is 1.14 bits per heavy atom. The number of halogens is 4. The van der Waals surface area contributed by atoms with Gasteiger partial charge < -0.3 is 14.2 Å². The Morgan fingerprint density at radius 2 is 1.86 bits per heavy atom. The fourth-order valence-corrected chi connectivity index (χ4v) is 4.68. The van der Waals surface area contributed by atoms with E-state index in [1.807, 2.05) is 32.0 Å². The summed E-state index contributed by atoms with van der Waals surface area (Å²) in [7, 11) is 1.44. The number of carbonyl (C=O) groups is 1. The average molecular weight is 597 g/mol. The average Bonchev–Trinajstić information content (AvgIpc) is 3.27. The number of hydrazone groups is 1. The normalized spacial score (nSPS) is 16.5. The monoisotopic (exact) mass is 596 g/mol. The number of carbonyl (C=O) groups excluding carboxylic acids is 1. The number of amidine groups is 2. The van der Waals surface area contributed by atoms with Crippen molar-refractivity contribution >= 4 is 55.7 Å². The molecule has 37 heavy (non-hydrogen) atoms. The molecule has 0 atom stereocenters. The molecule has 0 aliphatic carbocycles. The second kappa shape index (κ2) is 10.6. The number of hydrogen-bond acceptors (Lipinski definition) is 7. The van der Waals surface area contributed by atoms with Gasteiger partial charge in [-0.3, -0.25) is 10.2 Å². The summed E-state index contributed by atoms with van der Waals surface area (Å²) in [4.78, 5) is 16.2. The lowest BCUT2D eigenvalue weighted by atomic mass is 10.1. The van der Waals surface area contributed by atoms with Gasteiger partial charge in [-0.2, -0.15) is 28.3 Å². The fraction of sp³-hybridized carbons (Fsp3) is 0.250. The van der Waals surface area contributed by atoms with Crippen LogP contribution < -0.4 is 14.2 Å². The predicted molar refractivity (Wildman–Crippen MR) is 139 cm³/mol. The number of alkyl halides is 3. The molecule has 1 amide bonds. The molecule has 8 nitrogen and oxygen atoms in total. The maximum Gasteiger partial charge on any atom is 0.441 e. The van der Waals surface area contributed by atoms with Crippen LogP contribution in [-0.2, 0) is 4.79 Å². The van der Waals surface area contributed by atoms with E-state index in [-0.39, 0.29) is 35.7 Å². The van der Waals surface area contributed by atoms with Gasteiger partial charge in [-0.25, -0.2) is 0 Å². The van der Waals surface area contributed by atoms with Crippen molar-refractivity contribution in [2.45, 2.75) is 20.0 Å². The third-order valence-corrected chi connectivity index (χ3v) is 6.88. The summed E-state index contributed by atoms with van der Waals surface area (Å²) in [6.45, 7) is 4.52. The Bertz CT molecular complexity index is 1370. The number of nitrogens with zero attached hydrogens (tertiary/aromatic N) is 3. The van der Waals surface area contributed by atoms with Crippen LogP contribution in [0.2, 0.25) is 0 Å². The Balaban J connectivity index is 1.49. The lowest BCUT2D eigenvalue weighted by molar-refractivity contribution is -0.114. The quantitative estimate of drug-likeness (QED) is 0.325. The van der Waals surface area contributed by atoms with Crippen molar-refractivity contribution in [1.29, 1.82) is 5.41 Å². The number of ether oxygens (including phenoxy) is 3. The van der Waals surface area contributed by atoms with Gasteiger partial charge in [0.1, 0.15) is 19.0 Å². The summed E-state index contributed by atoms with van der Waals surface area (Å²) in [5.74, 6) is 0.102. The molecule has 4 rings (SSSR count). The van der Waals surface area contributed by atoms with Crippen molar-refractivity contribution in [2.75, 3.05) is 20.3 Å². The maximum absolute atomic E-state index is 13.0. The van der Waals surface area contributed by atoms with Crippen molar-refractivity contribution in [2.24, 2.45) is 10.1 Å². The summed E-state index contributed by atoms with van der Waals surface area (Å²) >= 11 is 3.62. The fourth-order valence-electron chi connectivity index (χ4n) is 3.34. The van der Waals surface area contributed by atoms with Gasteiger partial charge in [0.15, 0.2) is 17.3 Å². The van der Waals surface area contributed by atoms with E-state index in [9.17, 15) is 18.0 Å². The van der Waals surface area contributed by atoms with Gasteiger partial charge in [-0.15, -0.1) is 0 Å². The SMILES string of the molecule is COc1cc(C=C2C(=N)N3N=C(C(F)(F)F)SC3=NC2=O)cc(Br)c1OCCOc1ccc(C)c(C)c1. The van der Waals surface area contributed by atoms with E-state index >= 15 is 0 Å². The smallest absolute Gasteiger partial charge is 0.441 e. The zero-order chi connectivity index (χ0) is 26.9. The van der Waals surface area contributed by atoms with Crippen LogP contribution in [0.4, 0.5) is 13.2 Å². The van der Waals surface area contributed by atoms with Crippen LogP contribution in [0.25, 0.3) is 6.08 Å². The molecule has 194 valence electrons. The number of amides is 1. The summed E-state index contributed by atoms with van der Waals surface area (Å²) in [6.07, 6.45) is -3.38. The maximum atomic E-state index is 13.0. The molecule has 0 radical (unpaired) electrons. The van der Waals surface area contributed by atoms with Crippen LogP contribution in [0.5, 0.6) is 17.2 Å². The van der Waals surface area contributed by atoms with E-state index in [4.69, 9.17) is 19.6 Å². The third-order valence-electron chi connectivity index (χ3n) is 5.34. The Morgan fingerprint density at radius 3 is 2.54 bits per heavy atom. The van der Waals surface area contributed by atoms with Crippen molar-refractivity contribution in [3.05, 3.63) is 57.1 Å². The van der Waals surface area contributed by atoms with Crippen LogP contribution in [0.3, 0.4) is 0 Å². The Kier molecular flexibility index (Phi) is 7.64. The first-order valence-electron chi connectivity index (χ1n) is 10.8. The van der Waals surface area contributed by atoms with Crippen LogP contribution >= 0.6 is 27.7 Å². The number of hydrogen-bond donors (Lipinski definition) is 1. The molecule has 2 aliphatic heterocycles. The number of aliphatic imine (C=N–C) groups is 1. The standard InChI is InChI=1S/C24H20BrF3N4O4S/c1-12-4-5-15(8-13(12)2)35-6-7-36-19-17(25)10-14(11-18(19)34-3)9-16-20(29)32-23(30-21(16)33)37-22(31-32)24(26,27)28/h4-5,8-11,29H,6-7H2,1-3H3. The first-order chi connectivity index (χ1) is 17.5. The molecule has 13 heteroatoms. The minimum Gasteiger partial charge on any atom is -0.493 e. The highest BCUT2D eigenvalue weighted by molar-refractivity contribution is 9.10.